The third kappa shape index (κ3) is 4.28. The van der Waals surface area contributed by atoms with Crippen LogP contribution in [0.2, 0.25) is 0 Å². The number of amides is 3. The number of carbonyl (C=O) groups is 2. The van der Waals surface area contributed by atoms with Crippen LogP contribution in [0.5, 0.6) is 0 Å². The minimum atomic E-state index is -0.514. The number of ether oxygens (including phenoxy) is 1. The molecule has 2 aliphatic rings. The average Bonchev–Trinajstić information content (AvgIpc) is 3.16. The zero-order valence-electron chi connectivity index (χ0n) is 16.8. The number of pyridine rings is 1. The van der Waals surface area contributed by atoms with Crippen LogP contribution >= 0.6 is 0 Å². The van der Waals surface area contributed by atoms with E-state index in [-0.39, 0.29) is 17.9 Å². The van der Waals surface area contributed by atoms with Crippen molar-refractivity contribution in [2.24, 2.45) is 5.92 Å². The molecule has 0 radical (unpaired) electrons. The first kappa shape index (κ1) is 20.3. The summed E-state index contributed by atoms with van der Waals surface area (Å²) in [7, 11) is 0. The number of aromatic nitrogens is 1. The van der Waals surface area contributed by atoms with Gasteiger partial charge in [-0.05, 0) is 49.6 Å². The van der Waals surface area contributed by atoms with Gasteiger partial charge < -0.3 is 20.3 Å². The summed E-state index contributed by atoms with van der Waals surface area (Å²) in [6, 6.07) is 9.13. The Bertz CT molecular complexity index is 926. The molecule has 2 aromatic rings. The number of urea groups is 1. The number of halogens is 1. The highest BCUT2D eigenvalue weighted by Crippen LogP contribution is 2.42. The van der Waals surface area contributed by atoms with E-state index in [2.05, 4.69) is 15.6 Å². The Kier molecular flexibility index (Phi) is 5.67. The van der Waals surface area contributed by atoms with E-state index in [1.54, 1.807) is 41.6 Å². The Morgan fingerprint density at radius 1 is 1.20 bits per heavy atom. The van der Waals surface area contributed by atoms with Crippen molar-refractivity contribution < 1.29 is 18.7 Å². The number of nitrogens with zero attached hydrogens (tertiary/aromatic N) is 2. The van der Waals surface area contributed by atoms with E-state index in [9.17, 15) is 14.0 Å². The molecule has 2 saturated heterocycles. The van der Waals surface area contributed by atoms with Gasteiger partial charge in [0.05, 0.1) is 17.5 Å². The first-order valence-corrected chi connectivity index (χ1v) is 10.2. The van der Waals surface area contributed by atoms with Gasteiger partial charge in [-0.2, -0.15) is 0 Å². The van der Waals surface area contributed by atoms with Crippen LogP contribution in [0, 0.1) is 11.7 Å². The van der Waals surface area contributed by atoms with Crippen molar-refractivity contribution >= 4 is 23.3 Å². The number of piperidine rings is 1. The molecule has 2 aliphatic heterocycles. The molecule has 3 unspecified atom stereocenters. The molecule has 30 heavy (non-hydrogen) atoms. The Labute approximate surface area is 174 Å². The van der Waals surface area contributed by atoms with Gasteiger partial charge in [0.25, 0.3) is 5.91 Å². The highest BCUT2D eigenvalue weighted by atomic mass is 19.1. The van der Waals surface area contributed by atoms with Gasteiger partial charge in [-0.1, -0.05) is 13.0 Å². The number of rotatable bonds is 3. The molecule has 0 bridgehead atoms. The number of nitrogens with one attached hydrogen (secondary N) is 2. The zero-order valence-corrected chi connectivity index (χ0v) is 16.8. The maximum atomic E-state index is 13.3. The highest BCUT2D eigenvalue weighted by molar-refractivity contribution is 5.94. The molecule has 0 saturated carbocycles. The lowest BCUT2D eigenvalue weighted by Crippen LogP contribution is -2.53. The fraction of sp³-hybridized carbons (Fsp3) is 0.409. The van der Waals surface area contributed by atoms with Gasteiger partial charge in [-0.3, -0.25) is 9.78 Å². The SMILES string of the molecule is CC1CN(C(=O)Nc2cccc(F)c2)CCC12CCC(C(=O)Nc1cccnc1)O2. The van der Waals surface area contributed by atoms with Crippen LogP contribution in [0.4, 0.5) is 20.6 Å². The van der Waals surface area contributed by atoms with Crippen LogP contribution < -0.4 is 10.6 Å². The summed E-state index contributed by atoms with van der Waals surface area (Å²) in [5.74, 6) is -0.493. The van der Waals surface area contributed by atoms with Crippen LogP contribution in [-0.4, -0.2) is 46.6 Å². The molecular weight excluding hydrogens is 387 g/mol. The van der Waals surface area contributed by atoms with Crippen LogP contribution in [-0.2, 0) is 9.53 Å². The molecule has 158 valence electrons. The normalized spacial score (nSPS) is 25.9. The molecule has 2 fully saturated rings. The molecule has 3 amide bonds. The number of hydrogen-bond donors (Lipinski definition) is 2. The minimum Gasteiger partial charge on any atom is -0.362 e. The largest absolute Gasteiger partial charge is 0.362 e. The number of benzene rings is 1. The van der Waals surface area contributed by atoms with Crippen molar-refractivity contribution in [3.8, 4) is 0 Å². The Balaban J connectivity index is 1.34. The first-order valence-electron chi connectivity index (χ1n) is 10.2. The number of likely N-dealkylation sites (tertiary alicyclic amines) is 1. The van der Waals surface area contributed by atoms with Crippen molar-refractivity contribution in [1.29, 1.82) is 0 Å². The average molecular weight is 412 g/mol. The summed E-state index contributed by atoms with van der Waals surface area (Å²) in [5.41, 5.74) is 0.660. The van der Waals surface area contributed by atoms with Crippen molar-refractivity contribution in [3.63, 3.8) is 0 Å². The van der Waals surface area contributed by atoms with Gasteiger partial charge in [0.1, 0.15) is 11.9 Å². The van der Waals surface area contributed by atoms with Crippen molar-refractivity contribution in [2.75, 3.05) is 23.7 Å². The molecule has 2 N–H and O–H groups in total. The van der Waals surface area contributed by atoms with Crippen LogP contribution in [0.25, 0.3) is 0 Å². The Hall–Kier alpha value is -3.00. The standard InChI is InChI=1S/C22H25FN4O3/c1-15-14-27(21(29)26-17-5-2-4-16(23)12-17)11-9-22(15)8-7-19(30-22)20(28)25-18-6-3-10-24-13-18/h2-6,10,12-13,15,19H,7-9,11,14H2,1H3,(H,25,28)(H,26,29). The van der Waals surface area contributed by atoms with E-state index in [4.69, 9.17) is 4.74 Å². The third-order valence-electron chi connectivity index (χ3n) is 5.99. The second-order valence-corrected chi connectivity index (χ2v) is 7.98. The van der Waals surface area contributed by atoms with E-state index in [0.29, 0.717) is 37.3 Å². The molecule has 0 aliphatic carbocycles. The van der Waals surface area contributed by atoms with Crippen molar-refractivity contribution in [1.82, 2.24) is 9.88 Å². The molecule has 8 heteroatoms. The third-order valence-corrected chi connectivity index (χ3v) is 5.99. The maximum absolute atomic E-state index is 13.3. The zero-order chi connectivity index (χ0) is 21.1. The first-order chi connectivity index (χ1) is 14.4. The van der Waals surface area contributed by atoms with Gasteiger partial charge in [0.2, 0.25) is 0 Å². The summed E-state index contributed by atoms with van der Waals surface area (Å²) in [4.78, 5) is 30.9. The Morgan fingerprint density at radius 2 is 2.03 bits per heavy atom. The van der Waals surface area contributed by atoms with E-state index >= 15 is 0 Å². The summed E-state index contributed by atoms with van der Waals surface area (Å²) in [5, 5.41) is 5.59. The molecule has 4 rings (SSSR count). The summed E-state index contributed by atoms with van der Waals surface area (Å²) < 4.78 is 19.6. The minimum absolute atomic E-state index is 0.0701. The van der Waals surface area contributed by atoms with Crippen molar-refractivity contribution in [3.05, 3.63) is 54.6 Å². The lowest BCUT2D eigenvalue weighted by molar-refractivity contribution is -0.141. The number of carbonyl (C=O) groups excluding carboxylic acids is 2. The van der Waals surface area contributed by atoms with E-state index in [0.717, 1.165) is 6.42 Å². The van der Waals surface area contributed by atoms with Gasteiger partial charge in [0, 0.05) is 30.9 Å². The predicted molar refractivity (Wildman–Crippen MR) is 110 cm³/mol. The van der Waals surface area contributed by atoms with Crippen LogP contribution in [0.3, 0.4) is 0 Å². The maximum Gasteiger partial charge on any atom is 0.321 e. The van der Waals surface area contributed by atoms with Gasteiger partial charge >= 0.3 is 6.03 Å². The quantitative estimate of drug-likeness (QED) is 0.806. The molecule has 3 atom stereocenters. The smallest absolute Gasteiger partial charge is 0.321 e. The second kappa shape index (κ2) is 8.39. The molecule has 7 nitrogen and oxygen atoms in total. The molecular formula is C22H25FN4O3. The Morgan fingerprint density at radius 3 is 2.77 bits per heavy atom. The number of anilines is 2. The predicted octanol–water partition coefficient (Wildman–Crippen LogP) is 3.65. The van der Waals surface area contributed by atoms with E-state index < -0.39 is 17.5 Å². The van der Waals surface area contributed by atoms with E-state index in [1.165, 1.54) is 12.1 Å². The summed E-state index contributed by atoms with van der Waals surface area (Å²) in [6.45, 7) is 3.07. The highest BCUT2D eigenvalue weighted by Gasteiger charge is 2.49. The van der Waals surface area contributed by atoms with Gasteiger partial charge in [-0.15, -0.1) is 0 Å². The fourth-order valence-corrected chi connectivity index (χ4v) is 4.28. The molecule has 1 aromatic heterocycles. The monoisotopic (exact) mass is 412 g/mol. The van der Waals surface area contributed by atoms with Gasteiger partial charge in [0.15, 0.2) is 0 Å². The van der Waals surface area contributed by atoms with Gasteiger partial charge in [-0.25, -0.2) is 9.18 Å². The number of hydrogen-bond acceptors (Lipinski definition) is 4. The molecule has 3 heterocycles. The summed E-state index contributed by atoms with van der Waals surface area (Å²) >= 11 is 0. The van der Waals surface area contributed by atoms with E-state index in [1.807, 2.05) is 6.92 Å². The second-order valence-electron chi connectivity index (χ2n) is 7.98. The van der Waals surface area contributed by atoms with Crippen LogP contribution in [0.15, 0.2) is 48.8 Å². The lowest BCUT2D eigenvalue weighted by Gasteiger charge is -2.44. The molecule has 1 spiro atoms. The van der Waals surface area contributed by atoms with Crippen molar-refractivity contribution in [2.45, 2.75) is 37.9 Å². The van der Waals surface area contributed by atoms with Crippen LogP contribution in [0.1, 0.15) is 26.2 Å². The molecule has 1 aromatic carbocycles. The summed E-state index contributed by atoms with van der Waals surface area (Å²) in [6.07, 6.45) is 4.81. The topological polar surface area (TPSA) is 83.6 Å². The fourth-order valence-electron chi connectivity index (χ4n) is 4.28. The lowest BCUT2D eigenvalue weighted by atomic mass is 9.80.